The summed E-state index contributed by atoms with van der Waals surface area (Å²) >= 11 is 0. The first-order chi connectivity index (χ1) is 7.90. The quantitative estimate of drug-likeness (QED) is 0.518. The van der Waals surface area contributed by atoms with Gasteiger partial charge in [-0.25, -0.2) is 4.79 Å². The largest absolute Gasteiger partial charge is 0.480 e. The number of amides is 3. The van der Waals surface area contributed by atoms with Crippen molar-refractivity contribution >= 4 is 17.9 Å². The molecule has 3 amide bonds. The highest BCUT2D eigenvalue weighted by Gasteiger charge is 2.26. The third-order valence-electron chi connectivity index (χ3n) is 2.38. The molecule has 0 spiro atoms. The van der Waals surface area contributed by atoms with Crippen LogP contribution in [-0.4, -0.2) is 41.1 Å². The molecule has 0 aliphatic heterocycles. The Kier molecular flexibility index (Phi) is 4.30. The van der Waals surface area contributed by atoms with Gasteiger partial charge in [-0.3, -0.25) is 9.59 Å². The van der Waals surface area contributed by atoms with Crippen LogP contribution in [0.4, 0.5) is 4.79 Å². The first-order valence-corrected chi connectivity index (χ1v) is 5.50. The van der Waals surface area contributed by atoms with Gasteiger partial charge in [0.15, 0.2) is 0 Å². The normalized spacial score (nSPS) is 17.8. The van der Waals surface area contributed by atoms with Gasteiger partial charge in [-0.15, -0.1) is 0 Å². The summed E-state index contributed by atoms with van der Waals surface area (Å²) in [5, 5.41) is 15.9. The Morgan fingerprint density at radius 1 is 1.12 bits per heavy atom. The summed E-state index contributed by atoms with van der Waals surface area (Å²) in [5.74, 6) is -1.39. The van der Waals surface area contributed by atoms with Gasteiger partial charge in [0.2, 0.25) is 5.91 Å². The molecule has 2 atom stereocenters. The molecule has 7 heteroatoms. The van der Waals surface area contributed by atoms with Gasteiger partial charge in [0.25, 0.3) is 0 Å². The highest BCUT2D eigenvalue weighted by molar-refractivity contribution is 5.88. The van der Waals surface area contributed by atoms with Crippen molar-refractivity contribution in [2.75, 3.05) is 0 Å². The molecule has 0 bridgehead atoms. The average Bonchev–Trinajstić information content (AvgIpc) is 3.00. The number of carboxylic acid groups (broad SMARTS) is 1. The molecule has 1 aliphatic carbocycles. The van der Waals surface area contributed by atoms with Crippen LogP contribution in [-0.2, 0) is 9.59 Å². The number of rotatable bonds is 5. The van der Waals surface area contributed by atoms with E-state index in [1.807, 2.05) is 0 Å². The van der Waals surface area contributed by atoms with Crippen LogP contribution in [0, 0.1) is 0 Å². The molecular weight excluding hydrogens is 226 g/mol. The lowest BCUT2D eigenvalue weighted by Gasteiger charge is -2.15. The summed E-state index contributed by atoms with van der Waals surface area (Å²) in [6, 6.07) is -2.11. The third kappa shape index (κ3) is 4.71. The summed E-state index contributed by atoms with van der Waals surface area (Å²) in [7, 11) is 0. The van der Waals surface area contributed by atoms with Crippen LogP contribution in [0.2, 0.25) is 0 Å². The molecule has 4 N–H and O–H groups in total. The predicted molar refractivity (Wildman–Crippen MR) is 59.4 cm³/mol. The van der Waals surface area contributed by atoms with Crippen LogP contribution in [0.1, 0.15) is 26.7 Å². The van der Waals surface area contributed by atoms with E-state index in [2.05, 4.69) is 16.0 Å². The molecule has 7 nitrogen and oxygen atoms in total. The lowest BCUT2D eigenvalue weighted by molar-refractivity contribution is -0.138. The van der Waals surface area contributed by atoms with Crippen molar-refractivity contribution in [2.24, 2.45) is 0 Å². The van der Waals surface area contributed by atoms with E-state index in [4.69, 9.17) is 5.11 Å². The van der Waals surface area contributed by atoms with Crippen molar-refractivity contribution < 1.29 is 19.5 Å². The fourth-order valence-corrected chi connectivity index (χ4v) is 1.12. The molecule has 2 unspecified atom stereocenters. The lowest BCUT2D eigenvalue weighted by Crippen LogP contribution is -2.51. The SMILES string of the molecule is CC(NC(=O)NC(C)C(=O)NC1CC1)C(=O)O. The average molecular weight is 243 g/mol. The van der Waals surface area contributed by atoms with E-state index < -0.39 is 24.1 Å². The molecule has 0 radical (unpaired) electrons. The second kappa shape index (κ2) is 5.51. The van der Waals surface area contributed by atoms with Gasteiger partial charge in [-0.2, -0.15) is 0 Å². The van der Waals surface area contributed by atoms with Crippen LogP contribution < -0.4 is 16.0 Å². The summed E-state index contributed by atoms with van der Waals surface area (Å²) in [4.78, 5) is 33.3. The summed E-state index contributed by atoms with van der Waals surface area (Å²) < 4.78 is 0. The minimum absolute atomic E-state index is 0.229. The highest BCUT2D eigenvalue weighted by Crippen LogP contribution is 2.18. The molecule has 0 heterocycles. The molecule has 96 valence electrons. The molecule has 0 aromatic carbocycles. The van der Waals surface area contributed by atoms with E-state index in [0.29, 0.717) is 0 Å². The number of urea groups is 1. The summed E-state index contributed by atoms with van der Waals surface area (Å²) in [6.07, 6.45) is 1.95. The number of hydrogen-bond acceptors (Lipinski definition) is 3. The van der Waals surface area contributed by atoms with Crippen LogP contribution in [0.25, 0.3) is 0 Å². The molecular formula is C10H17N3O4. The van der Waals surface area contributed by atoms with E-state index in [0.717, 1.165) is 12.8 Å². The molecule has 1 saturated carbocycles. The summed E-state index contributed by atoms with van der Waals surface area (Å²) in [5.41, 5.74) is 0. The minimum Gasteiger partial charge on any atom is -0.480 e. The standard InChI is InChI=1S/C10H17N3O4/c1-5(8(14)13-7-3-4-7)11-10(17)12-6(2)9(15)16/h5-7H,3-4H2,1-2H3,(H,13,14)(H,15,16)(H2,11,12,17). The Labute approximate surface area is 98.9 Å². The molecule has 17 heavy (non-hydrogen) atoms. The van der Waals surface area contributed by atoms with Crippen LogP contribution >= 0.6 is 0 Å². The van der Waals surface area contributed by atoms with Crippen molar-refractivity contribution in [3.05, 3.63) is 0 Å². The third-order valence-corrected chi connectivity index (χ3v) is 2.38. The Morgan fingerprint density at radius 3 is 2.12 bits per heavy atom. The highest BCUT2D eigenvalue weighted by atomic mass is 16.4. The van der Waals surface area contributed by atoms with Crippen molar-refractivity contribution in [3.63, 3.8) is 0 Å². The number of carboxylic acids is 1. The van der Waals surface area contributed by atoms with Crippen LogP contribution in [0.15, 0.2) is 0 Å². The van der Waals surface area contributed by atoms with Gasteiger partial charge in [0.1, 0.15) is 12.1 Å². The van der Waals surface area contributed by atoms with E-state index in [9.17, 15) is 14.4 Å². The first kappa shape index (κ1) is 13.3. The topological polar surface area (TPSA) is 108 Å². The van der Waals surface area contributed by atoms with Gasteiger partial charge in [0.05, 0.1) is 0 Å². The number of aliphatic carboxylic acids is 1. The zero-order valence-corrected chi connectivity index (χ0v) is 9.82. The van der Waals surface area contributed by atoms with Gasteiger partial charge in [-0.05, 0) is 26.7 Å². The Morgan fingerprint density at radius 2 is 1.65 bits per heavy atom. The number of carbonyl (C=O) groups excluding carboxylic acids is 2. The molecule has 1 fully saturated rings. The van der Waals surface area contributed by atoms with E-state index in [-0.39, 0.29) is 11.9 Å². The monoisotopic (exact) mass is 243 g/mol. The van der Waals surface area contributed by atoms with Crippen molar-refractivity contribution in [2.45, 2.75) is 44.8 Å². The fraction of sp³-hybridized carbons (Fsp3) is 0.700. The maximum atomic E-state index is 11.5. The second-order valence-electron chi connectivity index (χ2n) is 4.18. The zero-order chi connectivity index (χ0) is 13.0. The van der Waals surface area contributed by atoms with Crippen molar-refractivity contribution in [3.8, 4) is 0 Å². The smallest absolute Gasteiger partial charge is 0.325 e. The van der Waals surface area contributed by atoms with Crippen molar-refractivity contribution in [1.29, 1.82) is 0 Å². The molecule has 0 aromatic rings. The second-order valence-corrected chi connectivity index (χ2v) is 4.18. The van der Waals surface area contributed by atoms with Crippen LogP contribution in [0.3, 0.4) is 0 Å². The molecule has 0 aromatic heterocycles. The van der Waals surface area contributed by atoms with Crippen LogP contribution in [0.5, 0.6) is 0 Å². The molecule has 0 saturated heterocycles. The van der Waals surface area contributed by atoms with E-state index >= 15 is 0 Å². The van der Waals surface area contributed by atoms with Gasteiger partial charge in [-0.1, -0.05) is 0 Å². The molecule has 1 rings (SSSR count). The number of hydrogen-bond donors (Lipinski definition) is 4. The summed E-state index contributed by atoms with van der Waals surface area (Å²) in [6.45, 7) is 2.89. The Hall–Kier alpha value is -1.79. The Bertz CT molecular complexity index is 328. The fourth-order valence-electron chi connectivity index (χ4n) is 1.12. The van der Waals surface area contributed by atoms with Gasteiger partial charge >= 0.3 is 12.0 Å². The maximum absolute atomic E-state index is 11.5. The van der Waals surface area contributed by atoms with E-state index in [1.165, 1.54) is 6.92 Å². The number of carbonyl (C=O) groups is 3. The minimum atomic E-state index is -1.13. The van der Waals surface area contributed by atoms with Crippen molar-refractivity contribution in [1.82, 2.24) is 16.0 Å². The molecule has 1 aliphatic rings. The van der Waals surface area contributed by atoms with Gasteiger partial charge in [0, 0.05) is 6.04 Å². The van der Waals surface area contributed by atoms with Gasteiger partial charge < -0.3 is 21.1 Å². The lowest BCUT2D eigenvalue weighted by atomic mass is 10.3. The Balaban J connectivity index is 2.28. The number of nitrogens with one attached hydrogen (secondary N) is 3. The zero-order valence-electron chi connectivity index (χ0n) is 9.82. The predicted octanol–water partition coefficient (Wildman–Crippen LogP) is -0.574. The first-order valence-electron chi connectivity index (χ1n) is 5.50. The maximum Gasteiger partial charge on any atom is 0.325 e. The van der Waals surface area contributed by atoms with E-state index in [1.54, 1.807) is 6.92 Å².